The van der Waals surface area contributed by atoms with Gasteiger partial charge in [-0.1, -0.05) is 60.7 Å². The van der Waals surface area contributed by atoms with E-state index in [9.17, 15) is 18.0 Å². The molecule has 0 saturated heterocycles. The molecule has 1 amide bonds. The highest BCUT2D eigenvalue weighted by Gasteiger charge is 2.22. The van der Waals surface area contributed by atoms with Crippen molar-refractivity contribution in [2.75, 3.05) is 5.32 Å². The average Bonchev–Trinajstić information content (AvgIpc) is 2.73. The zero-order valence-corrected chi connectivity index (χ0v) is 15.1. The fourth-order valence-corrected chi connectivity index (χ4v) is 2.86. The molecule has 3 nitrogen and oxygen atoms in total. The Morgan fingerprint density at radius 1 is 0.786 bits per heavy atom. The number of benzene rings is 3. The molecular weight excluding hydrogens is 365 g/mol. The molecule has 144 valence electrons. The van der Waals surface area contributed by atoms with Crippen LogP contribution in [0.5, 0.6) is 0 Å². The summed E-state index contributed by atoms with van der Waals surface area (Å²) in [7, 11) is 0. The van der Waals surface area contributed by atoms with Gasteiger partial charge in [-0.05, 0) is 30.2 Å². The molecule has 2 N–H and O–H groups in total. The monoisotopic (exact) mass is 384 g/mol. The summed E-state index contributed by atoms with van der Waals surface area (Å²) in [6, 6.07) is 19.9. The molecular formula is C22H19F3N2O. The Morgan fingerprint density at radius 2 is 1.32 bits per heavy atom. The molecule has 3 rings (SSSR count). The van der Waals surface area contributed by atoms with Gasteiger partial charge in [-0.15, -0.1) is 0 Å². The highest BCUT2D eigenvalue weighted by atomic mass is 19.2. The minimum Gasteiger partial charge on any atom is -0.322 e. The third-order valence-corrected chi connectivity index (χ3v) is 4.37. The van der Waals surface area contributed by atoms with Crippen molar-refractivity contribution in [1.29, 1.82) is 0 Å². The summed E-state index contributed by atoms with van der Waals surface area (Å²) in [6.07, 6.45) is 0. The van der Waals surface area contributed by atoms with E-state index in [0.29, 0.717) is 0 Å². The predicted molar refractivity (Wildman–Crippen MR) is 102 cm³/mol. The number of hydrogen-bond acceptors (Lipinski definition) is 2. The van der Waals surface area contributed by atoms with E-state index in [1.54, 1.807) is 6.92 Å². The van der Waals surface area contributed by atoms with Gasteiger partial charge in [-0.2, -0.15) is 0 Å². The minimum absolute atomic E-state index is 0.280. The summed E-state index contributed by atoms with van der Waals surface area (Å²) in [5, 5.41) is 5.52. The van der Waals surface area contributed by atoms with E-state index in [-0.39, 0.29) is 6.04 Å². The molecule has 0 spiro atoms. The Kier molecular flexibility index (Phi) is 6.11. The van der Waals surface area contributed by atoms with Crippen LogP contribution >= 0.6 is 0 Å². The third-order valence-electron chi connectivity index (χ3n) is 4.37. The maximum Gasteiger partial charge on any atom is 0.241 e. The van der Waals surface area contributed by atoms with Gasteiger partial charge in [0.2, 0.25) is 5.91 Å². The van der Waals surface area contributed by atoms with Crippen molar-refractivity contribution in [3.63, 3.8) is 0 Å². The van der Waals surface area contributed by atoms with Crippen LogP contribution in [0.3, 0.4) is 0 Å². The summed E-state index contributed by atoms with van der Waals surface area (Å²) >= 11 is 0. The van der Waals surface area contributed by atoms with Crippen molar-refractivity contribution in [2.24, 2.45) is 0 Å². The molecule has 0 radical (unpaired) electrons. The van der Waals surface area contributed by atoms with Gasteiger partial charge in [0.1, 0.15) is 0 Å². The number of carbonyl (C=O) groups excluding carboxylic acids is 1. The first-order valence-corrected chi connectivity index (χ1v) is 8.77. The van der Waals surface area contributed by atoms with Gasteiger partial charge in [0.15, 0.2) is 17.5 Å². The molecule has 6 heteroatoms. The van der Waals surface area contributed by atoms with E-state index >= 15 is 0 Å². The number of halogens is 3. The van der Waals surface area contributed by atoms with Gasteiger partial charge in [0.05, 0.1) is 17.8 Å². The average molecular weight is 384 g/mol. The normalized spacial score (nSPS) is 12.0. The molecule has 0 bridgehead atoms. The summed E-state index contributed by atoms with van der Waals surface area (Å²) in [6.45, 7) is 1.62. The summed E-state index contributed by atoms with van der Waals surface area (Å²) in [5.74, 6) is -4.93. The summed E-state index contributed by atoms with van der Waals surface area (Å²) in [5.41, 5.74) is 1.49. The Morgan fingerprint density at radius 3 is 1.86 bits per heavy atom. The standard InChI is InChI=1S/C22H19F3N2O/c1-14(22(28)27-18-13-12-17(23)19(24)20(18)25)26-21(15-8-4-2-5-9-15)16-10-6-3-7-11-16/h2-14,21,26H,1H3,(H,27,28). The molecule has 3 aromatic rings. The lowest BCUT2D eigenvalue weighted by Crippen LogP contribution is -2.40. The molecule has 0 aromatic heterocycles. The Labute approximate surface area is 161 Å². The third kappa shape index (κ3) is 4.40. The molecule has 0 aliphatic carbocycles. The van der Waals surface area contributed by atoms with Crippen molar-refractivity contribution in [2.45, 2.75) is 19.0 Å². The fraction of sp³-hybridized carbons (Fsp3) is 0.136. The number of amides is 1. The van der Waals surface area contributed by atoms with E-state index in [4.69, 9.17) is 0 Å². The van der Waals surface area contributed by atoms with Crippen LogP contribution in [0.1, 0.15) is 24.1 Å². The van der Waals surface area contributed by atoms with Crippen molar-refractivity contribution in [3.8, 4) is 0 Å². The topological polar surface area (TPSA) is 41.1 Å². The zero-order valence-electron chi connectivity index (χ0n) is 15.1. The largest absolute Gasteiger partial charge is 0.322 e. The lowest BCUT2D eigenvalue weighted by atomic mass is 9.98. The van der Waals surface area contributed by atoms with E-state index in [2.05, 4.69) is 10.6 Å². The second-order valence-electron chi connectivity index (χ2n) is 6.35. The molecule has 1 atom stereocenters. The lowest BCUT2D eigenvalue weighted by Gasteiger charge is -2.24. The van der Waals surface area contributed by atoms with Crippen molar-refractivity contribution >= 4 is 11.6 Å². The van der Waals surface area contributed by atoms with Crippen LogP contribution in [0.4, 0.5) is 18.9 Å². The van der Waals surface area contributed by atoms with Crippen molar-refractivity contribution in [1.82, 2.24) is 5.32 Å². The lowest BCUT2D eigenvalue weighted by molar-refractivity contribution is -0.117. The van der Waals surface area contributed by atoms with Gasteiger partial charge in [-0.25, -0.2) is 13.2 Å². The van der Waals surface area contributed by atoms with Crippen LogP contribution in [-0.2, 0) is 4.79 Å². The Balaban J connectivity index is 1.79. The van der Waals surface area contributed by atoms with Crippen LogP contribution in [0.25, 0.3) is 0 Å². The number of nitrogens with one attached hydrogen (secondary N) is 2. The Hall–Kier alpha value is -3.12. The van der Waals surface area contributed by atoms with Crippen LogP contribution in [0.2, 0.25) is 0 Å². The highest BCUT2D eigenvalue weighted by Crippen LogP contribution is 2.23. The summed E-state index contributed by atoms with van der Waals surface area (Å²) < 4.78 is 40.3. The second kappa shape index (κ2) is 8.71. The Bertz CT molecular complexity index is 909. The van der Waals surface area contributed by atoms with Crippen LogP contribution in [0.15, 0.2) is 72.8 Å². The quantitative estimate of drug-likeness (QED) is 0.599. The number of carbonyl (C=O) groups is 1. The molecule has 3 aromatic carbocycles. The first-order valence-electron chi connectivity index (χ1n) is 8.77. The highest BCUT2D eigenvalue weighted by molar-refractivity contribution is 5.94. The van der Waals surface area contributed by atoms with Gasteiger partial charge in [0, 0.05) is 0 Å². The number of rotatable bonds is 6. The maximum absolute atomic E-state index is 13.8. The number of anilines is 1. The first kappa shape index (κ1) is 19.6. The molecule has 1 unspecified atom stereocenters. The minimum atomic E-state index is -1.62. The molecule has 0 heterocycles. The molecule has 0 aliphatic rings. The van der Waals surface area contributed by atoms with Crippen molar-refractivity contribution in [3.05, 3.63) is 101 Å². The van der Waals surface area contributed by atoms with E-state index < -0.39 is 35.1 Å². The zero-order chi connectivity index (χ0) is 20.1. The maximum atomic E-state index is 13.8. The second-order valence-corrected chi connectivity index (χ2v) is 6.35. The predicted octanol–water partition coefficient (Wildman–Crippen LogP) is 4.81. The first-order chi connectivity index (χ1) is 13.5. The summed E-state index contributed by atoms with van der Waals surface area (Å²) in [4.78, 5) is 12.5. The molecule has 0 aliphatic heterocycles. The van der Waals surface area contributed by atoms with Crippen LogP contribution in [0, 0.1) is 17.5 Å². The molecule has 28 heavy (non-hydrogen) atoms. The van der Waals surface area contributed by atoms with E-state index in [1.165, 1.54) is 0 Å². The SMILES string of the molecule is CC(NC(c1ccccc1)c1ccccc1)C(=O)Nc1ccc(F)c(F)c1F. The van der Waals surface area contributed by atoms with Crippen LogP contribution in [-0.4, -0.2) is 11.9 Å². The van der Waals surface area contributed by atoms with Gasteiger partial charge < -0.3 is 5.32 Å². The van der Waals surface area contributed by atoms with Gasteiger partial charge in [-0.3, -0.25) is 10.1 Å². The van der Waals surface area contributed by atoms with E-state index in [1.807, 2.05) is 60.7 Å². The van der Waals surface area contributed by atoms with Crippen LogP contribution < -0.4 is 10.6 Å². The van der Waals surface area contributed by atoms with Crippen molar-refractivity contribution < 1.29 is 18.0 Å². The van der Waals surface area contributed by atoms with Gasteiger partial charge in [0.25, 0.3) is 0 Å². The fourth-order valence-electron chi connectivity index (χ4n) is 2.86. The molecule has 0 saturated carbocycles. The number of hydrogen-bond donors (Lipinski definition) is 2. The van der Waals surface area contributed by atoms with E-state index in [0.717, 1.165) is 23.3 Å². The molecule has 0 fully saturated rings. The van der Waals surface area contributed by atoms with Gasteiger partial charge >= 0.3 is 0 Å². The smallest absolute Gasteiger partial charge is 0.241 e.